The molecule has 0 aromatic carbocycles. The Labute approximate surface area is 108 Å². The third-order valence-electron chi connectivity index (χ3n) is 1.97. The number of nitrogens with zero attached hydrogens (tertiary/aromatic N) is 1. The lowest BCUT2D eigenvalue weighted by atomic mass is 10.3. The number of rotatable bonds is 5. The number of nitrogens with one attached hydrogen (secondary N) is 2. The molecule has 0 aliphatic carbocycles. The van der Waals surface area contributed by atoms with Gasteiger partial charge >= 0.3 is 0 Å². The van der Waals surface area contributed by atoms with Crippen molar-refractivity contribution in [1.82, 2.24) is 10.7 Å². The van der Waals surface area contributed by atoms with E-state index < -0.39 is 0 Å². The van der Waals surface area contributed by atoms with Gasteiger partial charge in [-0.25, -0.2) is 10.8 Å². The molecule has 0 radical (unpaired) electrons. The largest absolute Gasteiger partial charge is 0.355 e. The molecule has 1 aromatic rings. The number of aliphatic imine (C=N–C) groups is 1. The number of hydrazine groups is 1. The Morgan fingerprint density at radius 1 is 1.62 bits per heavy atom. The van der Waals surface area contributed by atoms with Gasteiger partial charge in [0.1, 0.15) is 0 Å². The molecule has 90 valence electrons. The summed E-state index contributed by atoms with van der Waals surface area (Å²) in [7, 11) is 0. The van der Waals surface area contributed by atoms with Crippen molar-refractivity contribution >= 4 is 33.2 Å². The second kappa shape index (κ2) is 7.65. The van der Waals surface area contributed by atoms with E-state index in [-0.39, 0.29) is 0 Å². The summed E-state index contributed by atoms with van der Waals surface area (Å²) >= 11 is 5.09. The summed E-state index contributed by atoms with van der Waals surface area (Å²) in [6, 6.07) is 2.06. The Morgan fingerprint density at radius 3 is 3.00 bits per heavy atom. The molecule has 6 heteroatoms. The van der Waals surface area contributed by atoms with Gasteiger partial charge in [0.2, 0.25) is 5.96 Å². The van der Waals surface area contributed by atoms with Gasteiger partial charge in [-0.05, 0) is 28.4 Å². The number of guanidine groups is 1. The highest BCUT2D eigenvalue weighted by molar-refractivity contribution is 9.10. The molecule has 0 aliphatic heterocycles. The predicted octanol–water partition coefficient (Wildman–Crippen LogP) is 2.22. The Balaban J connectivity index is 2.40. The first-order chi connectivity index (χ1) is 7.76. The van der Waals surface area contributed by atoms with E-state index in [1.54, 1.807) is 11.3 Å². The average Bonchev–Trinajstić information content (AvgIpc) is 2.69. The molecule has 16 heavy (non-hydrogen) atoms. The molecular weight excluding hydrogens is 288 g/mol. The molecule has 0 fully saturated rings. The van der Waals surface area contributed by atoms with Crippen molar-refractivity contribution in [1.29, 1.82) is 0 Å². The molecular formula is C10H17BrN4S. The maximum atomic E-state index is 5.38. The van der Waals surface area contributed by atoms with Crippen LogP contribution in [0.25, 0.3) is 0 Å². The van der Waals surface area contributed by atoms with Gasteiger partial charge in [-0.1, -0.05) is 13.3 Å². The van der Waals surface area contributed by atoms with Gasteiger partial charge in [0.25, 0.3) is 0 Å². The zero-order valence-corrected chi connectivity index (χ0v) is 11.7. The van der Waals surface area contributed by atoms with Crippen LogP contribution >= 0.6 is 27.3 Å². The molecule has 0 aliphatic rings. The summed E-state index contributed by atoms with van der Waals surface area (Å²) in [6.07, 6.45) is 2.27. The molecule has 0 atom stereocenters. The first-order valence-corrected chi connectivity index (χ1v) is 6.91. The Kier molecular flexibility index (Phi) is 6.44. The minimum absolute atomic E-state index is 0.648. The van der Waals surface area contributed by atoms with E-state index in [4.69, 9.17) is 5.84 Å². The van der Waals surface area contributed by atoms with Crippen molar-refractivity contribution < 1.29 is 0 Å². The number of unbranched alkanes of at least 4 members (excludes halogenated alkanes) is 1. The number of hydrogen-bond acceptors (Lipinski definition) is 3. The minimum atomic E-state index is 0.648. The summed E-state index contributed by atoms with van der Waals surface area (Å²) in [5.74, 6) is 6.03. The molecule has 0 bridgehead atoms. The summed E-state index contributed by atoms with van der Waals surface area (Å²) in [5, 5.41) is 5.20. The quantitative estimate of drug-likeness (QED) is 0.257. The van der Waals surface area contributed by atoms with E-state index in [2.05, 4.69) is 44.7 Å². The molecule has 0 unspecified atom stereocenters. The van der Waals surface area contributed by atoms with Crippen LogP contribution in [0.1, 0.15) is 24.6 Å². The van der Waals surface area contributed by atoms with Crippen LogP contribution in [0.15, 0.2) is 20.9 Å². The van der Waals surface area contributed by atoms with Gasteiger partial charge in [-0.3, -0.25) is 5.43 Å². The normalized spacial score (nSPS) is 11.6. The number of nitrogens with two attached hydrogens (primary N) is 1. The van der Waals surface area contributed by atoms with Crippen molar-refractivity contribution in [3.63, 3.8) is 0 Å². The topological polar surface area (TPSA) is 62.4 Å². The SMILES string of the molecule is CCCCNC(=NCc1cc(Br)cs1)NN. The minimum Gasteiger partial charge on any atom is -0.355 e. The van der Waals surface area contributed by atoms with Gasteiger partial charge in [-0.2, -0.15) is 0 Å². The summed E-state index contributed by atoms with van der Waals surface area (Å²) in [5.41, 5.74) is 2.57. The molecule has 0 saturated heterocycles. The molecule has 1 heterocycles. The van der Waals surface area contributed by atoms with Crippen LogP contribution in [-0.2, 0) is 6.54 Å². The summed E-state index contributed by atoms with van der Waals surface area (Å²) in [6.45, 7) is 3.69. The van der Waals surface area contributed by atoms with Crippen LogP contribution in [0.2, 0.25) is 0 Å². The number of hydrogen-bond donors (Lipinski definition) is 3. The van der Waals surface area contributed by atoms with E-state index in [0.29, 0.717) is 12.5 Å². The van der Waals surface area contributed by atoms with Crippen molar-refractivity contribution in [2.75, 3.05) is 6.54 Å². The van der Waals surface area contributed by atoms with Crippen molar-refractivity contribution in [2.45, 2.75) is 26.3 Å². The van der Waals surface area contributed by atoms with Crippen LogP contribution in [0.3, 0.4) is 0 Å². The predicted molar refractivity (Wildman–Crippen MR) is 73.4 cm³/mol. The fourth-order valence-corrected chi connectivity index (χ4v) is 2.50. The highest BCUT2D eigenvalue weighted by atomic mass is 79.9. The smallest absolute Gasteiger partial charge is 0.206 e. The van der Waals surface area contributed by atoms with Crippen LogP contribution in [-0.4, -0.2) is 12.5 Å². The Morgan fingerprint density at radius 2 is 2.44 bits per heavy atom. The highest BCUT2D eigenvalue weighted by Gasteiger charge is 1.98. The summed E-state index contributed by atoms with van der Waals surface area (Å²) < 4.78 is 1.10. The van der Waals surface area contributed by atoms with Crippen molar-refractivity contribution in [3.8, 4) is 0 Å². The molecule has 0 spiro atoms. The first-order valence-electron chi connectivity index (χ1n) is 5.24. The molecule has 0 amide bonds. The van der Waals surface area contributed by atoms with Gasteiger partial charge in [0.05, 0.1) is 6.54 Å². The molecule has 4 nitrogen and oxygen atoms in total. The maximum Gasteiger partial charge on any atom is 0.206 e. The van der Waals surface area contributed by atoms with Gasteiger partial charge in [0.15, 0.2) is 0 Å². The van der Waals surface area contributed by atoms with Crippen LogP contribution in [0.4, 0.5) is 0 Å². The Bertz CT molecular complexity index is 337. The van der Waals surface area contributed by atoms with Gasteiger partial charge in [0, 0.05) is 21.3 Å². The van der Waals surface area contributed by atoms with E-state index in [1.165, 1.54) is 4.88 Å². The monoisotopic (exact) mass is 304 g/mol. The van der Waals surface area contributed by atoms with Gasteiger partial charge < -0.3 is 5.32 Å². The second-order valence-corrected chi connectivity index (χ2v) is 5.23. The molecule has 4 N–H and O–H groups in total. The lowest BCUT2D eigenvalue weighted by Gasteiger charge is -2.07. The lowest BCUT2D eigenvalue weighted by molar-refractivity contribution is 0.732. The molecule has 1 rings (SSSR count). The van der Waals surface area contributed by atoms with Gasteiger partial charge in [-0.15, -0.1) is 11.3 Å². The maximum absolute atomic E-state index is 5.38. The third kappa shape index (κ3) is 4.96. The highest BCUT2D eigenvalue weighted by Crippen LogP contribution is 2.20. The first kappa shape index (κ1) is 13.5. The third-order valence-corrected chi connectivity index (χ3v) is 3.66. The summed E-state index contributed by atoms with van der Waals surface area (Å²) in [4.78, 5) is 5.56. The Hall–Kier alpha value is -0.590. The lowest BCUT2D eigenvalue weighted by Crippen LogP contribution is -2.41. The van der Waals surface area contributed by atoms with E-state index in [9.17, 15) is 0 Å². The second-order valence-electron chi connectivity index (χ2n) is 3.32. The molecule has 1 aromatic heterocycles. The zero-order chi connectivity index (χ0) is 11.8. The van der Waals surface area contributed by atoms with E-state index >= 15 is 0 Å². The molecule has 0 saturated carbocycles. The van der Waals surface area contributed by atoms with Crippen LogP contribution in [0, 0.1) is 0 Å². The van der Waals surface area contributed by atoms with E-state index in [0.717, 1.165) is 23.9 Å². The number of thiophene rings is 1. The fraction of sp³-hybridized carbons (Fsp3) is 0.500. The number of halogens is 1. The van der Waals surface area contributed by atoms with Crippen molar-refractivity contribution in [3.05, 3.63) is 20.8 Å². The van der Waals surface area contributed by atoms with Crippen LogP contribution in [0.5, 0.6) is 0 Å². The zero-order valence-electron chi connectivity index (χ0n) is 9.29. The van der Waals surface area contributed by atoms with Crippen molar-refractivity contribution in [2.24, 2.45) is 10.8 Å². The average molecular weight is 305 g/mol. The fourth-order valence-electron chi connectivity index (χ4n) is 1.13. The van der Waals surface area contributed by atoms with Crippen LogP contribution < -0.4 is 16.6 Å². The van der Waals surface area contributed by atoms with E-state index in [1.807, 2.05) is 5.38 Å². The standard InChI is InChI=1S/C10H17BrN4S/c1-2-3-4-13-10(15-12)14-6-9-5-8(11)7-16-9/h5,7H,2-4,6,12H2,1H3,(H2,13,14,15).